The zero-order chi connectivity index (χ0) is 17.9. The number of fused-ring (bicyclic) bond motifs is 2. The highest BCUT2D eigenvalue weighted by Crippen LogP contribution is 2.55. The second-order valence-electron chi connectivity index (χ2n) is 7.57. The number of hydrogen-bond donors (Lipinski definition) is 1. The van der Waals surface area contributed by atoms with E-state index in [1.165, 1.54) is 62.9 Å². The molecule has 4 heteroatoms. The average molecular weight is 385 g/mol. The van der Waals surface area contributed by atoms with Gasteiger partial charge in [-0.1, -0.05) is 38.3 Å². The maximum absolute atomic E-state index is 10.5. The summed E-state index contributed by atoms with van der Waals surface area (Å²) in [7, 11) is 0. The Morgan fingerprint density at radius 1 is 1.08 bits per heavy atom. The van der Waals surface area contributed by atoms with Crippen LogP contribution < -0.4 is 0 Å². The van der Waals surface area contributed by atoms with Gasteiger partial charge in [0.1, 0.15) is 0 Å². The van der Waals surface area contributed by atoms with Crippen molar-refractivity contribution in [3.05, 3.63) is 12.2 Å². The van der Waals surface area contributed by atoms with Crippen molar-refractivity contribution in [3.63, 3.8) is 0 Å². The SMILES string of the molecule is CCCCCCSCC[C@H]1[C@@H](CC=CCCCC(=O)O)[C@H]2CC[C@@H]1S2. The molecule has 4 atom stereocenters. The fourth-order valence-electron chi connectivity index (χ4n) is 4.29. The van der Waals surface area contributed by atoms with Crippen LogP contribution in [0.15, 0.2) is 12.2 Å². The molecule has 0 aliphatic carbocycles. The molecule has 2 heterocycles. The standard InChI is InChI=1S/C21H36O2S2/c1-2-3-4-9-15-24-16-14-18-17(19-12-13-20(18)25-19)10-7-5-6-8-11-21(22)23/h5,7,17-20H,2-4,6,8-16H2,1H3,(H,22,23)/t17-,18+,19-,20+/m1/s1. The van der Waals surface area contributed by atoms with Crippen LogP contribution in [0.4, 0.5) is 0 Å². The van der Waals surface area contributed by atoms with Gasteiger partial charge in [-0.3, -0.25) is 4.79 Å². The molecule has 144 valence electrons. The fraction of sp³-hybridized carbons (Fsp3) is 0.857. The summed E-state index contributed by atoms with van der Waals surface area (Å²) in [5, 5.41) is 10.5. The topological polar surface area (TPSA) is 37.3 Å². The van der Waals surface area contributed by atoms with Crippen molar-refractivity contribution in [3.8, 4) is 0 Å². The van der Waals surface area contributed by atoms with E-state index in [9.17, 15) is 4.79 Å². The number of rotatable bonds is 14. The van der Waals surface area contributed by atoms with Crippen LogP contribution in [-0.4, -0.2) is 33.1 Å². The smallest absolute Gasteiger partial charge is 0.303 e. The number of carboxylic acids is 1. The lowest BCUT2D eigenvalue weighted by Crippen LogP contribution is -2.27. The van der Waals surface area contributed by atoms with Crippen LogP contribution in [-0.2, 0) is 4.79 Å². The van der Waals surface area contributed by atoms with Crippen LogP contribution >= 0.6 is 23.5 Å². The van der Waals surface area contributed by atoms with E-state index < -0.39 is 5.97 Å². The van der Waals surface area contributed by atoms with Gasteiger partial charge in [-0.25, -0.2) is 0 Å². The van der Waals surface area contributed by atoms with Gasteiger partial charge < -0.3 is 5.11 Å². The van der Waals surface area contributed by atoms with Gasteiger partial charge >= 0.3 is 5.97 Å². The zero-order valence-corrected chi connectivity index (χ0v) is 17.5. The van der Waals surface area contributed by atoms with Crippen molar-refractivity contribution in [2.24, 2.45) is 11.8 Å². The third-order valence-corrected chi connectivity index (χ3v) is 8.64. The molecule has 0 amide bonds. The highest BCUT2D eigenvalue weighted by atomic mass is 32.2. The Kier molecular flexibility index (Phi) is 10.5. The molecule has 1 N–H and O–H groups in total. The van der Waals surface area contributed by atoms with E-state index in [4.69, 9.17) is 5.11 Å². The maximum atomic E-state index is 10.5. The van der Waals surface area contributed by atoms with Crippen LogP contribution in [0, 0.1) is 11.8 Å². The molecule has 2 bridgehead atoms. The van der Waals surface area contributed by atoms with Crippen LogP contribution in [0.3, 0.4) is 0 Å². The summed E-state index contributed by atoms with van der Waals surface area (Å²) in [4.78, 5) is 10.5. The molecule has 0 spiro atoms. The molecule has 0 aromatic rings. The Morgan fingerprint density at radius 2 is 1.88 bits per heavy atom. The second kappa shape index (κ2) is 12.3. The molecule has 0 aromatic heterocycles. The summed E-state index contributed by atoms with van der Waals surface area (Å²) in [6, 6.07) is 0. The zero-order valence-electron chi connectivity index (χ0n) is 15.8. The van der Waals surface area contributed by atoms with Crippen molar-refractivity contribution in [1.29, 1.82) is 0 Å². The summed E-state index contributed by atoms with van der Waals surface area (Å²) in [5.74, 6) is 3.82. The summed E-state index contributed by atoms with van der Waals surface area (Å²) in [6.07, 6.45) is 17.6. The molecule has 0 aromatic carbocycles. The monoisotopic (exact) mass is 384 g/mol. The first-order chi connectivity index (χ1) is 12.2. The van der Waals surface area contributed by atoms with Crippen LogP contribution in [0.25, 0.3) is 0 Å². The lowest BCUT2D eigenvalue weighted by Gasteiger charge is -2.29. The summed E-state index contributed by atoms with van der Waals surface area (Å²) >= 11 is 4.45. The van der Waals surface area contributed by atoms with Crippen LogP contribution in [0.5, 0.6) is 0 Å². The highest BCUT2D eigenvalue weighted by molar-refractivity contribution is 8.01. The van der Waals surface area contributed by atoms with Crippen molar-refractivity contribution in [2.75, 3.05) is 11.5 Å². The Labute approximate surface area is 163 Å². The van der Waals surface area contributed by atoms with Gasteiger partial charge in [-0.15, -0.1) is 0 Å². The van der Waals surface area contributed by atoms with E-state index in [1.807, 2.05) is 0 Å². The van der Waals surface area contributed by atoms with Gasteiger partial charge in [-0.2, -0.15) is 23.5 Å². The van der Waals surface area contributed by atoms with Crippen molar-refractivity contribution < 1.29 is 9.90 Å². The lowest BCUT2D eigenvalue weighted by molar-refractivity contribution is -0.137. The van der Waals surface area contributed by atoms with Gasteiger partial charge in [0.05, 0.1) is 0 Å². The average Bonchev–Trinajstić information content (AvgIpc) is 3.19. The van der Waals surface area contributed by atoms with E-state index in [1.54, 1.807) is 0 Å². The largest absolute Gasteiger partial charge is 0.481 e. The summed E-state index contributed by atoms with van der Waals surface area (Å²) in [6.45, 7) is 2.28. The minimum absolute atomic E-state index is 0.298. The normalized spacial score (nSPS) is 28.2. The van der Waals surface area contributed by atoms with E-state index in [0.29, 0.717) is 6.42 Å². The quantitative estimate of drug-likeness (QED) is 0.278. The van der Waals surface area contributed by atoms with E-state index in [2.05, 4.69) is 42.6 Å². The molecule has 0 unspecified atom stereocenters. The van der Waals surface area contributed by atoms with Gasteiger partial charge in [-0.05, 0) is 68.3 Å². The number of aliphatic carboxylic acids is 1. The number of hydrogen-bond acceptors (Lipinski definition) is 3. The molecule has 2 aliphatic heterocycles. The third-order valence-electron chi connectivity index (χ3n) is 5.66. The minimum Gasteiger partial charge on any atom is -0.481 e. The van der Waals surface area contributed by atoms with Gasteiger partial charge in [0.2, 0.25) is 0 Å². The Bertz CT molecular complexity index is 411. The molecule has 0 saturated carbocycles. The Hall–Kier alpha value is -0.0900. The molecule has 2 nitrogen and oxygen atoms in total. The van der Waals surface area contributed by atoms with E-state index in [-0.39, 0.29) is 0 Å². The van der Waals surface area contributed by atoms with Crippen molar-refractivity contribution >= 4 is 29.5 Å². The molecule has 2 aliphatic rings. The Morgan fingerprint density at radius 3 is 2.64 bits per heavy atom. The molecular weight excluding hydrogens is 348 g/mol. The first-order valence-electron chi connectivity index (χ1n) is 10.3. The lowest BCUT2D eigenvalue weighted by atomic mass is 9.76. The number of carboxylic acid groups (broad SMARTS) is 1. The third kappa shape index (κ3) is 7.58. The number of allylic oxidation sites excluding steroid dienone is 2. The predicted octanol–water partition coefficient (Wildman–Crippen LogP) is 6.40. The van der Waals surface area contributed by atoms with E-state index in [0.717, 1.165) is 35.2 Å². The minimum atomic E-state index is -0.676. The molecule has 2 saturated heterocycles. The van der Waals surface area contributed by atoms with Gasteiger partial charge in [0.15, 0.2) is 0 Å². The summed E-state index contributed by atoms with van der Waals surface area (Å²) in [5.41, 5.74) is 0. The predicted molar refractivity (Wildman–Crippen MR) is 113 cm³/mol. The number of unbranched alkanes of at least 4 members (excludes halogenated alkanes) is 4. The fourth-order valence-corrected chi connectivity index (χ4v) is 7.39. The first kappa shape index (κ1) is 21.2. The molecule has 0 radical (unpaired) electrons. The molecule has 2 rings (SSSR count). The Balaban J connectivity index is 1.63. The molecule has 25 heavy (non-hydrogen) atoms. The number of thioether (sulfide) groups is 2. The van der Waals surface area contributed by atoms with Crippen molar-refractivity contribution in [1.82, 2.24) is 0 Å². The second-order valence-corrected chi connectivity index (χ2v) is 10.3. The van der Waals surface area contributed by atoms with Crippen LogP contribution in [0.1, 0.15) is 77.6 Å². The van der Waals surface area contributed by atoms with Gasteiger partial charge in [0, 0.05) is 16.9 Å². The first-order valence-corrected chi connectivity index (χ1v) is 12.4. The highest BCUT2D eigenvalue weighted by Gasteiger charge is 2.46. The summed E-state index contributed by atoms with van der Waals surface area (Å²) < 4.78 is 0. The van der Waals surface area contributed by atoms with Crippen molar-refractivity contribution in [2.45, 2.75) is 88.1 Å². The number of carbonyl (C=O) groups is 1. The molecule has 2 fully saturated rings. The maximum Gasteiger partial charge on any atom is 0.303 e. The van der Waals surface area contributed by atoms with Gasteiger partial charge in [0.25, 0.3) is 0 Å². The molecular formula is C21H36O2S2. The van der Waals surface area contributed by atoms with Crippen LogP contribution in [0.2, 0.25) is 0 Å². The van der Waals surface area contributed by atoms with E-state index >= 15 is 0 Å².